The lowest BCUT2D eigenvalue weighted by molar-refractivity contribution is -0.146. The summed E-state index contributed by atoms with van der Waals surface area (Å²) in [6.07, 6.45) is 1.29. The number of carbonyl (C=O) groups excluding carboxylic acids is 1. The van der Waals surface area contributed by atoms with Gasteiger partial charge in [0.2, 0.25) is 0 Å². The highest BCUT2D eigenvalue weighted by Crippen LogP contribution is 2.25. The van der Waals surface area contributed by atoms with Crippen LogP contribution in [0.3, 0.4) is 0 Å². The minimum Gasteiger partial charge on any atom is -0.478 e. The van der Waals surface area contributed by atoms with Crippen LogP contribution in [0.4, 0.5) is 0 Å². The number of rotatable bonds is 6. The van der Waals surface area contributed by atoms with E-state index in [1.165, 1.54) is 0 Å². The molecule has 1 atom stereocenters. The zero-order valence-electron chi connectivity index (χ0n) is 15.9. The summed E-state index contributed by atoms with van der Waals surface area (Å²) in [5, 5.41) is 0.102. The maximum absolute atomic E-state index is 13.0. The molecule has 0 aromatic heterocycles. The summed E-state index contributed by atoms with van der Waals surface area (Å²) in [6, 6.07) is 6.83. The molecule has 0 radical (unpaired) electrons. The van der Waals surface area contributed by atoms with Crippen molar-refractivity contribution < 1.29 is 17.9 Å². The van der Waals surface area contributed by atoms with E-state index < -0.39 is 20.7 Å². The first-order valence-electron chi connectivity index (χ1n) is 8.97. The number of piperidine rings is 1. The number of carbonyl (C=O) groups is 1. The van der Waals surface area contributed by atoms with Crippen LogP contribution in [0, 0.1) is 5.92 Å². The van der Waals surface area contributed by atoms with Crippen molar-refractivity contribution in [2.24, 2.45) is 5.92 Å². The van der Waals surface area contributed by atoms with Crippen molar-refractivity contribution in [1.29, 1.82) is 0 Å². The lowest BCUT2D eigenvalue weighted by Crippen LogP contribution is -2.54. The van der Waals surface area contributed by atoms with Gasteiger partial charge < -0.3 is 9.64 Å². The third-order valence-corrected chi connectivity index (χ3v) is 7.22. The molecule has 1 fully saturated rings. The van der Waals surface area contributed by atoms with Crippen molar-refractivity contribution in [2.45, 2.75) is 51.4 Å². The molecule has 1 saturated heterocycles. The molecular weight excluding hydrogens is 374 g/mol. The van der Waals surface area contributed by atoms with Gasteiger partial charge in [-0.3, -0.25) is 4.79 Å². The summed E-state index contributed by atoms with van der Waals surface area (Å²) in [5.41, 5.74) is -1.09. The van der Waals surface area contributed by atoms with Crippen LogP contribution >= 0.6 is 11.6 Å². The average Bonchev–Trinajstić information content (AvgIpc) is 2.55. The summed E-state index contributed by atoms with van der Waals surface area (Å²) in [5.74, 6) is 0.589. The molecule has 0 N–H and O–H groups in total. The zero-order valence-corrected chi connectivity index (χ0v) is 17.4. The van der Waals surface area contributed by atoms with Crippen LogP contribution < -0.4 is 4.74 Å². The number of hydrogen-bond acceptors (Lipinski definition) is 4. The zero-order chi connectivity index (χ0) is 19.5. The largest absolute Gasteiger partial charge is 0.478 e. The van der Waals surface area contributed by atoms with Crippen molar-refractivity contribution in [3.63, 3.8) is 0 Å². The summed E-state index contributed by atoms with van der Waals surface area (Å²) in [4.78, 5) is 14.6. The van der Waals surface area contributed by atoms with Crippen LogP contribution in [-0.2, 0) is 14.6 Å². The second-order valence-corrected chi connectivity index (χ2v) is 10.6. The molecule has 1 aliphatic rings. The van der Waals surface area contributed by atoms with Gasteiger partial charge in [0.25, 0.3) is 5.91 Å². The van der Waals surface area contributed by atoms with E-state index in [9.17, 15) is 13.2 Å². The Morgan fingerprint density at radius 3 is 2.50 bits per heavy atom. The fourth-order valence-electron chi connectivity index (χ4n) is 3.24. The Hall–Kier alpha value is -1.27. The third kappa shape index (κ3) is 5.36. The molecule has 7 heteroatoms. The Labute approximate surface area is 161 Å². The second-order valence-electron chi connectivity index (χ2n) is 7.81. The molecule has 1 amide bonds. The second kappa shape index (κ2) is 8.17. The van der Waals surface area contributed by atoms with Gasteiger partial charge in [-0.2, -0.15) is 0 Å². The van der Waals surface area contributed by atoms with Gasteiger partial charge in [0.05, 0.1) is 11.0 Å². The molecule has 1 heterocycles. The fourth-order valence-corrected chi connectivity index (χ4v) is 5.50. The molecule has 0 bridgehead atoms. The number of sulfone groups is 1. The number of amides is 1. The van der Waals surface area contributed by atoms with E-state index >= 15 is 0 Å². The van der Waals surface area contributed by atoms with Crippen LogP contribution in [0.25, 0.3) is 0 Å². The average molecular weight is 402 g/mol. The lowest BCUT2D eigenvalue weighted by atomic mass is 10.0. The molecule has 0 unspecified atom stereocenters. The third-order valence-electron chi connectivity index (χ3n) is 4.44. The van der Waals surface area contributed by atoms with E-state index in [-0.39, 0.29) is 24.1 Å². The van der Waals surface area contributed by atoms with Gasteiger partial charge in [0, 0.05) is 18.1 Å². The SMILES string of the molecule is CC(C)CS(=O)(=O)[C@H]1CCCN(C(=O)C(C)(C)Oc2ccc(Cl)cc2)C1. The monoisotopic (exact) mass is 401 g/mol. The molecule has 2 rings (SSSR count). The topological polar surface area (TPSA) is 63.7 Å². The fraction of sp³-hybridized carbons (Fsp3) is 0.632. The summed E-state index contributed by atoms with van der Waals surface area (Å²) >= 11 is 5.87. The van der Waals surface area contributed by atoms with E-state index in [1.54, 1.807) is 43.0 Å². The standard InChI is InChI=1S/C19H28ClNO4S/c1-14(2)13-26(23,24)17-6-5-11-21(12-17)18(22)19(3,4)25-16-9-7-15(20)8-10-16/h7-10,14,17H,5-6,11-13H2,1-4H3/t17-/m0/s1. The number of likely N-dealkylation sites (tertiary alicyclic amines) is 1. The van der Waals surface area contributed by atoms with E-state index in [2.05, 4.69) is 0 Å². The molecule has 0 spiro atoms. The number of ether oxygens (including phenoxy) is 1. The molecule has 146 valence electrons. The van der Waals surface area contributed by atoms with Crippen LogP contribution in [0.5, 0.6) is 5.75 Å². The number of nitrogens with zero attached hydrogens (tertiary/aromatic N) is 1. The van der Waals surface area contributed by atoms with Crippen LogP contribution in [0.2, 0.25) is 5.02 Å². The maximum Gasteiger partial charge on any atom is 0.266 e. The van der Waals surface area contributed by atoms with Crippen LogP contribution in [0.15, 0.2) is 24.3 Å². The minimum atomic E-state index is -3.21. The Balaban J connectivity index is 2.08. The highest BCUT2D eigenvalue weighted by Gasteiger charge is 2.39. The van der Waals surface area contributed by atoms with Gasteiger partial charge in [0.1, 0.15) is 5.75 Å². The number of benzene rings is 1. The Bertz CT molecular complexity index is 728. The lowest BCUT2D eigenvalue weighted by Gasteiger charge is -2.37. The van der Waals surface area contributed by atoms with Crippen molar-refractivity contribution in [1.82, 2.24) is 4.90 Å². The van der Waals surface area contributed by atoms with Crippen molar-refractivity contribution >= 4 is 27.3 Å². The normalized spacial score (nSPS) is 18.8. The van der Waals surface area contributed by atoms with E-state index in [0.717, 1.165) is 0 Å². The van der Waals surface area contributed by atoms with Gasteiger partial charge in [-0.1, -0.05) is 25.4 Å². The molecule has 5 nitrogen and oxygen atoms in total. The molecule has 0 saturated carbocycles. The molecule has 26 heavy (non-hydrogen) atoms. The molecule has 1 aromatic rings. The first kappa shape index (κ1) is 21.0. The van der Waals surface area contributed by atoms with E-state index in [1.807, 2.05) is 13.8 Å². The van der Waals surface area contributed by atoms with Gasteiger partial charge in [0.15, 0.2) is 15.4 Å². The Kier molecular flexibility index (Phi) is 6.61. The molecule has 1 aliphatic heterocycles. The smallest absolute Gasteiger partial charge is 0.266 e. The first-order valence-corrected chi connectivity index (χ1v) is 11.1. The van der Waals surface area contributed by atoms with Crippen molar-refractivity contribution in [2.75, 3.05) is 18.8 Å². The minimum absolute atomic E-state index is 0.0794. The molecular formula is C19H28ClNO4S. The van der Waals surface area contributed by atoms with Crippen molar-refractivity contribution in [3.05, 3.63) is 29.3 Å². The van der Waals surface area contributed by atoms with Crippen LogP contribution in [-0.4, -0.2) is 48.9 Å². The summed E-state index contributed by atoms with van der Waals surface area (Å²) in [7, 11) is -3.21. The van der Waals surface area contributed by atoms with Gasteiger partial charge >= 0.3 is 0 Å². The van der Waals surface area contributed by atoms with Gasteiger partial charge in [-0.05, 0) is 56.9 Å². The predicted molar refractivity (Wildman–Crippen MR) is 104 cm³/mol. The maximum atomic E-state index is 13.0. The van der Waals surface area contributed by atoms with E-state index in [0.29, 0.717) is 30.2 Å². The van der Waals surface area contributed by atoms with Gasteiger partial charge in [-0.15, -0.1) is 0 Å². The predicted octanol–water partition coefficient (Wildman–Crippen LogP) is 3.56. The summed E-state index contributed by atoms with van der Waals surface area (Å²) < 4.78 is 31.0. The Morgan fingerprint density at radius 2 is 1.92 bits per heavy atom. The quantitative estimate of drug-likeness (QED) is 0.731. The first-order chi connectivity index (χ1) is 12.0. The Morgan fingerprint density at radius 1 is 1.31 bits per heavy atom. The number of hydrogen-bond donors (Lipinski definition) is 0. The highest BCUT2D eigenvalue weighted by atomic mass is 35.5. The summed E-state index contributed by atoms with van der Waals surface area (Å²) in [6.45, 7) is 7.99. The van der Waals surface area contributed by atoms with E-state index in [4.69, 9.17) is 16.3 Å². The number of halogens is 1. The van der Waals surface area contributed by atoms with Gasteiger partial charge in [-0.25, -0.2) is 8.42 Å². The molecule has 1 aromatic carbocycles. The van der Waals surface area contributed by atoms with Crippen molar-refractivity contribution in [3.8, 4) is 5.75 Å². The highest BCUT2D eigenvalue weighted by molar-refractivity contribution is 7.92. The molecule has 0 aliphatic carbocycles. The van der Waals surface area contributed by atoms with Crippen LogP contribution in [0.1, 0.15) is 40.5 Å².